The zero-order valence-corrected chi connectivity index (χ0v) is 21.6. The second-order valence-corrected chi connectivity index (χ2v) is 11.9. The van der Waals surface area contributed by atoms with Gasteiger partial charge in [0.2, 0.25) is 6.75 Å². The van der Waals surface area contributed by atoms with Gasteiger partial charge in [-0.05, 0) is 68.1 Å². The maximum atomic E-state index is 13.6. The van der Waals surface area contributed by atoms with Crippen molar-refractivity contribution in [2.24, 2.45) is 0 Å². The zero-order chi connectivity index (χ0) is 27.1. The van der Waals surface area contributed by atoms with Crippen LogP contribution in [-0.4, -0.2) is 35.6 Å². The van der Waals surface area contributed by atoms with E-state index in [-0.39, 0.29) is 17.3 Å². The fourth-order valence-electron chi connectivity index (χ4n) is 5.59. The van der Waals surface area contributed by atoms with E-state index in [1.165, 1.54) is 5.69 Å². The lowest BCUT2D eigenvalue weighted by molar-refractivity contribution is -0.139. The van der Waals surface area contributed by atoms with Crippen molar-refractivity contribution in [1.82, 2.24) is 4.57 Å². The van der Waals surface area contributed by atoms with Crippen molar-refractivity contribution in [1.29, 1.82) is 0 Å². The quantitative estimate of drug-likeness (QED) is 0.445. The van der Waals surface area contributed by atoms with Crippen LogP contribution in [0.1, 0.15) is 67.0 Å². The molecule has 3 aliphatic rings. The molecule has 0 spiro atoms. The smallest absolute Gasteiger partial charge is 0.231 e. The molecular weight excluding hydrogens is 454 g/mol. The monoisotopic (exact) mass is 491 g/mol. The van der Waals surface area contributed by atoms with E-state index in [0.29, 0.717) is 31.1 Å². The van der Waals surface area contributed by atoms with Crippen LogP contribution in [-0.2, 0) is 38.1 Å². The fourth-order valence-corrected chi connectivity index (χ4v) is 5.59. The lowest BCUT2D eigenvalue weighted by Gasteiger charge is -2.24. The summed E-state index contributed by atoms with van der Waals surface area (Å²) in [7, 11) is 0. The first-order valence-corrected chi connectivity index (χ1v) is 12.8. The lowest BCUT2D eigenvalue weighted by atomic mass is 9.87. The summed E-state index contributed by atoms with van der Waals surface area (Å²) in [6.07, 6.45) is 1.89. The number of rotatable bonds is 6. The molecule has 1 aliphatic carbocycles. The van der Waals surface area contributed by atoms with Gasteiger partial charge in [0.15, 0.2) is 17.3 Å². The van der Waals surface area contributed by atoms with Gasteiger partial charge in [-0.15, -0.1) is 0 Å². The molecule has 6 nitrogen and oxygen atoms in total. The predicted molar refractivity (Wildman–Crippen MR) is 138 cm³/mol. The fraction of sp³-hybridized carbons (Fsp3) is 0.500. The summed E-state index contributed by atoms with van der Waals surface area (Å²) >= 11 is 0. The second kappa shape index (κ2) is 8.09. The lowest BCUT2D eigenvalue weighted by Crippen LogP contribution is -2.26. The number of carbonyl (C=O) groups excluding carboxylic acids is 1. The third-order valence-electron chi connectivity index (χ3n) is 7.64. The van der Waals surface area contributed by atoms with Gasteiger partial charge in [0.05, 0.1) is 18.6 Å². The highest BCUT2D eigenvalue weighted by Crippen LogP contribution is 2.51. The highest BCUT2D eigenvalue weighted by atomic mass is 16.7. The Hall–Kier alpha value is -2.83. The molecule has 3 aromatic rings. The molecule has 0 bridgehead atoms. The first-order valence-electron chi connectivity index (χ1n) is 13.8. The van der Waals surface area contributed by atoms with Gasteiger partial charge in [0.1, 0.15) is 14.6 Å². The summed E-state index contributed by atoms with van der Waals surface area (Å²) in [5, 5.41) is 1.12. The Morgan fingerprint density at radius 3 is 2.56 bits per heavy atom. The summed E-state index contributed by atoms with van der Waals surface area (Å²) < 4.78 is 40.1. The second-order valence-electron chi connectivity index (χ2n) is 11.9. The summed E-state index contributed by atoms with van der Waals surface area (Å²) in [5.74, 6) is 0.326. The van der Waals surface area contributed by atoms with Crippen LogP contribution in [0.25, 0.3) is 10.9 Å². The first-order chi connectivity index (χ1) is 17.7. The zero-order valence-electron chi connectivity index (χ0n) is 23.6. The van der Waals surface area contributed by atoms with Crippen LogP contribution in [0.3, 0.4) is 0 Å². The van der Waals surface area contributed by atoms with E-state index in [1.807, 2.05) is 19.9 Å². The molecule has 0 N–H and O–H groups in total. The number of hydrogen-bond donors (Lipinski definition) is 0. The van der Waals surface area contributed by atoms with E-state index in [9.17, 15) is 4.79 Å². The molecule has 2 aromatic carbocycles. The van der Waals surface area contributed by atoms with E-state index < -0.39 is 17.9 Å². The van der Waals surface area contributed by atoms with Crippen LogP contribution >= 0.6 is 0 Å². The van der Waals surface area contributed by atoms with Gasteiger partial charge in [-0.1, -0.05) is 32.9 Å². The van der Waals surface area contributed by atoms with Gasteiger partial charge < -0.3 is 23.5 Å². The van der Waals surface area contributed by atoms with Gasteiger partial charge >= 0.3 is 0 Å². The predicted octanol–water partition coefficient (Wildman–Crippen LogP) is 5.66. The number of nitrogens with zero attached hydrogens (tertiary/aromatic N) is 1. The topological polar surface area (TPSA) is 58.9 Å². The molecule has 1 atom stereocenters. The molecule has 0 unspecified atom stereocenters. The van der Waals surface area contributed by atoms with Gasteiger partial charge in [-0.3, -0.25) is 4.79 Å². The molecule has 190 valence electrons. The number of carbonyl (C=O) groups is 1. The molecule has 0 amide bonds. The Morgan fingerprint density at radius 2 is 1.86 bits per heavy atom. The molecule has 3 heterocycles. The van der Waals surface area contributed by atoms with Crippen LogP contribution in [0.5, 0.6) is 11.5 Å². The number of aromatic nitrogens is 1. The van der Waals surface area contributed by atoms with Crippen molar-refractivity contribution in [2.75, 3.05) is 13.4 Å². The largest absolute Gasteiger partial charge is 0.454 e. The molecule has 1 saturated carbocycles. The molecule has 6 heteroatoms. The number of benzene rings is 2. The highest BCUT2D eigenvalue weighted by molar-refractivity contribution is 5.95. The van der Waals surface area contributed by atoms with Gasteiger partial charge in [-0.2, -0.15) is 0 Å². The minimum Gasteiger partial charge on any atom is -0.454 e. The van der Waals surface area contributed by atoms with E-state index in [1.54, 1.807) is 12.1 Å². The average Bonchev–Trinajstić information content (AvgIpc) is 3.32. The molecule has 1 saturated heterocycles. The van der Waals surface area contributed by atoms with Gasteiger partial charge in [0.25, 0.3) is 0 Å². The molecule has 36 heavy (non-hydrogen) atoms. The van der Waals surface area contributed by atoms with E-state index in [0.717, 1.165) is 34.9 Å². The van der Waals surface area contributed by atoms with Crippen molar-refractivity contribution < 1.29 is 26.5 Å². The van der Waals surface area contributed by atoms with Crippen molar-refractivity contribution >= 4 is 16.7 Å². The highest BCUT2D eigenvalue weighted by Gasteiger charge is 2.50. The number of fused-ring (bicyclic) bond motifs is 2. The molecule has 6 rings (SSSR count). The number of Topliss-reactive ketones (excluding diaryl/α,β-unsaturated/α-hetero) is 1. The van der Waals surface area contributed by atoms with Crippen LogP contribution in [0, 0.1) is 0 Å². The minimum absolute atomic E-state index is 0.0188. The molecule has 1 aromatic heterocycles. The van der Waals surface area contributed by atoms with E-state index >= 15 is 0 Å². The van der Waals surface area contributed by atoms with Crippen molar-refractivity contribution in [3.63, 3.8) is 0 Å². The summed E-state index contributed by atoms with van der Waals surface area (Å²) in [5.41, 5.74) is 3.61. The first kappa shape index (κ1) is 21.3. The SMILES string of the molecule is [2H]C1([2H])Oc2ccc(C3(C(=O)Cc4ccc5c(c4)cc(C(C)(C)C)n5C[C@@H]4COC(C)(C)O4)CC3)cc2O1. The Bertz CT molecular complexity index is 1430. The van der Waals surface area contributed by atoms with Crippen molar-refractivity contribution in [3.05, 3.63) is 59.3 Å². The van der Waals surface area contributed by atoms with E-state index in [4.69, 9.17) is 21.7 Å². The van der Waals surface area contributed by atoms with Crippen LogP contribution in [0.4, 0.5) is 0 Å². The van der Waals surface area contributed by atoms with Crippen molar-refractivity contribution in [3.8, 4) is 11.5 Å². The summed E-state index contributed by atoms with van der Waals surface area (Å²) in [4.78, 5) is 13.6. The Balaban J connectivity index is 1.26. The molecule has 2 aliphatic heterocycles. The Morgan fingerprint density at radius 1 is 1.08 bits per heavy atom. The van der Waals surface area contributed by atoms with E-state index in [2.05, 4.69) is 49.6 Å². The summed E-state index contributed by atoms with van der Waals surface area (Å²) in [6.45, 7) is 9.64. The van der Waals surface area contributed by atoms with Gasteiger partial charge in [-0.25, -0.2) is 0 Å². The third kappa shape index (κ3) is 4.10. The Kier molecular flexibility index (Phi) is 4.78. The minimum atomic E-state index is -2.17. The number of hydrogen-bond acceptors (Lipinski definition) is 5. The molecular formula is C30H35NO5. The van der Waals surface area contributed by atoms with Crippen molar-refractivity contribution in [2.45, 2.75) is 83.1 Å². The molecule has 0 radical (unpaired) electrons. The Labute approximate surface area is 215 Å². The third-order valence-corrected chi connectivity index (χ3v) is 7.64. The molecule has 2 fully saturated rings. The maximum absolute atomic E-state index is 13.6. The van der Waals surface area contributed by atoms with Crippen LogP contribution in [0.15, 0.2) is 42.5 Å². The standard InChI is InChI=1S/C30H35NO5/c1-28(2,3)26-14-20-12-19(6-8-23(20)31(26)16-22-17-35-29(4,5)36-22)13-27(32)30(10-11-30)21-7-9-24-25(15-21)34-18-33-24/h6-9,12,14-15,22H,10-11,13,16-18H2,1-5H3/t22-/m1/s1/i18D2. The number of ketones is 1. The summed E-state index contributed by atoms with van der Waals surface area (Å²) in [6, 6.07) is 13.9. The van der Waals surface area contributed by atoms with Crippen LogP contribution < -0.4 is 9.47 Å². The maximum Gasteiger partial charge on any atom is 0.231 e. The normalized spacial score (nSPS) is 24.0. The average molecular weight is 492 g/mol. The van der Waals surface area contributed by atoms with Crippen LogP contribution in [0.2, 0.25) is 0 Å². The van der Waals surface area contributed by atoms with Gasteiger partial charge in [0, 0.05) is 28.4 Å². The number of ether oxygens (including phenoxy) is 4.